The highest BCUT2D eigenvalue weighted by Gasteiger charge is 2.27. The zero-order chi connectivity index (χ0) is 25.2. The molecule has 0 spiro atoms. The molecule has 34 heavy (non-hydrogen) atoms. The third-order valence-electron chi connectivity index (χ3n) is 4.89. The highest BCUT2D eigenvalue weighted by atomic mass is 32.2. The lowest BCUT2D eigenvalue weighted by molar-refractivity contribution is -0.113. The van der Waals surface area contributed by atoms with Crippen molar-refractivity contribution in [2.75, 3.05) is 32.3 Å². The molecule has 0 saturated heterocycles. The highest BCUT2D eigenvalue weighted by Crippen LogP contribution is 2.35. The number of methoxy groups -OCH3 is 1. The summed E-state index contributed by atoms with van der Waals surface area (Å²) in [6.07, 6.45) is 0. The Hall–Kier alpha value is -2.70. The van der Waals surface area contributed by atoms with E-state index >= 15 is 0 Å². The van der Waals surface area contributed by atoms with Crippen molar-refractivity contribution in [3.8, 4) is 11.4 Å². The van der Waals surface area contributed by atoms with Crippen LogP contribution >= 0.6 is 34.4 Å². The maximum Gasteiger partial charge on any atom is 0.341 e. The summed E-state index contributed by atoms with van der Waals surface area (Å²) in [6.45, 7) is 7.78. The zero-order valence-corrected chi connectivity index (χ0v) is 22.5. The van der Waals surface area contributed by atoms with Crippen LogP contribution in [0.15, 0.2) is 16.6 Å². The Balaban J connectivity index is 1.81. The fourth-order valence-electron chi connectivity index (χ4n) is 3.25. The number of hydrogen-bond donors (Lipinski definition) is 1. The second-order valence-corrected chi connectivity index (χ2v) is 11.1. The molecule has 3 aromatic heterocycles. The van der Waals surface area contributed by atoms with Crippen LogP contribution in [0.2, 0.25) is 0 Å². The van der Waals surface area contributed by atoms with Gasteiger partial charge in [-0.05, 0) is 39.3 Å². The van der Waals surface area contributed by atoms with Gasteiger partial charge in [0.05, 0.1) is 23.3 Å². The smallest absolute Gasteiger partial charge is 0.341 e. The summed E-state index contributed by atoms with van der Waals surface area (Å²) in [4.78, 5) is 40.7. The van der Waals surface area contributed by atoms with Crippen molar-refractivity contribution in [2.45, 2.75) is 38.9 Å². The van der Waals surface area contributed by atoms with Crippen molar-refractivity contribution in [2.24, 2.45) is 0 Å². The second kappa shape index (κ2) is 10.7. The molecule has 0 fully saturated rings. The summed E-state index contributed by atoms with van der Waals surface area (Å²) in [5.74, 6) is -0.363. The molecule has 0 unspecified atom stereocenters. The van der Waals surface area contributed by atoms with Crippen LogP contribution in [0.3, 0.4) is 0 Å². The fourth-order valence-corrected chi connectivity index (χ4v) is 6.03. The molecule has 12 heteroatoms. The Morgan fingerprint density at radius 3 is 2.50 bits per heavy atom. The number of thioether (sulfide) groups is 1. The number of anilines is 1. The van der Waals surface area contributed by atoms with E-state index in [1.807, 2.05) is 30.7 Å². The van der Waals surface area contributed by atoms with E-state index in [9.17, 15) is 14.4 Å². The van der Waals surface area contributed by atoms with Crippen molar-refractivity contribution in [1.29, 1.82) is 0 Å². The molecule has 0 atom stereocenters. The summed E-state index contributed by atoms with van der Waals surface area (Å²) < 4.78 is 6.88. The minimum atomic E-state index is -0.607. The zero-order valence-electron chi connectivity index (χ0n) is 20.1. The van der Waals surface area contributed by atoms with Crippen molar-refractivity contribution in [3.05, 3.63) is 32.3 Å². The third-order valence-corrected chi connectivity index (χ3v) is 7.89. The van der Waals surface area contributed by atoms with Crippen LogP contribution in [-0.2, 0) is 9.53 Å². The van der Waals surface area contributed by atoms with Gasteiger partial charge in [-0.3, -0.25) is 14.2 Å². The largest absolute Gasteiger partial charge is 0.465 e. The number of aromatic nitrogens is 3. The number of aryl methyl sites for hydroxylation is 1. The van der Waals surface area contributed by atoms with E-state index in [2.05, 4.69) is 21.6 Å². The van der Waals surface area contributed by atoms with E-state index in [4.69, 9.17) is 4.74 Å². The van der Waals surface area contributed by atoms with Gasteiger partial charge in [0.25, 0.3) is 5.91 Å². The molecule has 0 aliphatic carbocycles. The number of amides is 2. The van der Waals surface area contributed by atoms with Crippen LogP contribution in [0.5, 0.6) is 0 Å². The number of carbonyl (C=O) groups is 3. The first-order valence-corrected chi connectivity index (χ1v) is 13.1. The topological polar surface area (TPSA) is 106 Å². The lowest BCUT2D eigenvalue weighted by Crippen LogP contribution is -2.21. The molecule has 0 aromatic carbocycles. The van der Waals surface area contributed by atoms with Crippen molar-refractivity contribution < 1.29 is 19.1 Å². The van der Waals surface area contributed by atoms with Crippen molar-refractivity contribution in [3.63, 3.8) is 0 Å². The first-order valence-electron chi connectivity index (χ1n) is 10.4. The third kappa shape index (κ3) is 5.34. The summed E-state index contributed by atoms with van der Waals surface area (Å²) in [5, 5.41) is 14.4. The van der Waals surface area contributed by atoms with Gasteiger partial charge in [0.2, 0.25) is 5.91 Å². The molecule has 0 saturated carbocycles. The molecule has 9 nitrogen and oxygen atoms in total. The number of nitrogens with zero attached hydrogens (tertiary/aromatic N) is 4. The molecular formula is C22H27N5O4S3. The normalized spacial score (nSPS) is 11.1. The Morgan fingerprint density at radius 1 is 1.24 bits per heavy atom. The van der Waals surface area contributed by atoms with Gasteiger partial charge in [-0.2, -0.15) is 0 Å². The number of carbonyl (C=O) groups excluding carboxylic acids is 3. The lowest BCUT2D eigenvalue weighted by atomic mass is 10.1. The number of thiophene rings is 2. The lowest BCUT2D eigenvalue weighted by Gasteiger charge is -2.13. The van der Waals surface area contributed by atoms with Crippen LogP contribution in [0.25, 0.3) is 11.4 Å². The maximum atomic E-state index is 12.8. The first kappa shape index (κ1) is 25.9. The number of hydrogen-bond acceptors (Lipinski definition) is 9. The number of nitrogens with one attached hydrogen (secondary N) is 1. The van der Waals surface area contributed by atoms with Gasteiger partial charge in [-0.25, -0.2) is 4.79 Å². The fraction of sp³-hybridized carbons (Fsp3) is 0.409. The Bertz CT molecular complexity index is 1230. The van der Waals surface area contributed by atoms with E-state index in [0.717, 1.165) is 22.7 Å². The van der Waals surface area contributed by atoms with E-state index < -0.39 is 5.97 Å². The van der Waals surface area contributed by atoms with Crippen LogP contribution in [-0.4, -0.2) is 64.4 Å². The Morgan fingerprint density at radius 2 is 1.94 bits per heavy atom. The molecule has 0 aliphatic rings. The number of rotatable bonds is 8. The monoisotopic (exact) mass is 521 g/mol. The van der Waals surface area contributed by atoms with E-state index in [0.29, 0.717) is 20.6 Å². The van der Waals surface area contributed by atoms with Gasteiger partial charge < -0.3 is 15.0 Å². The molecule has 3 aromatic rings. The minimum Gasteiger partial charge on any atom is -0.465 e. The van der Waals surface area contributed by atoms with Gasteiger partial charge >= 0.3 is 5.97 Å². The second-order valence-electron chi connectivity index (χ2n) is 8.00. The summed E-state index contributed by atoms with van der Waals surface area (Å²) in [7, 11) is 4.52. The average molecular weight is 522 g/mol. The number of ether oxygens (including phenoxy) is 1. The van der Waals surface area contributed by atoms with Crippen LogP contribution < -0.4 is 5.32 Å². The van der Waals surface area contributed by atoms with E-state index in [1.165, 1.54) is 28.6 Å². The SMILES string of the molecule is COC(=O)c1c(NC(=O)CSc2nnc(-c3csc(C)c3)n2C(C)C)sc(C(=O)N(C)C)c1C. The Kier molecular flexibility index (Phi) is 8.16. The summed E-state index contributed by atoms with van der Waals surface area (Å²) >= 11 is 3.97. The van der Waals surface area contributed by atoms with Crippen molar-refractivity contribution in [1.82, 2.24) is 19.7 Å². The highest BCUT2D eigenvalue weighted by molar-refractivity contribution is 7.99. The quantitative estimate of drug-likeness (QED) is 0.344. The van der Waals surface area contributed by atoms with E-state index in [1.54, 1.807) is 32.4 Å². The van der Waals surface area contributed by atoms with Crippen molar-refractivity contribution >= 4 is 57.2 Å². The Labute approximate surface area is 210 Å². The number of esters is 1. The predicted molar refractivity (Wildman–Crippen MR) is 136 cm³/mol. The van der Waals surface area contributed by atoms with Crippen LogP contribution in [0.1, 0.15) is 50.4 Å². The molecule has 0 aliphatic heterocycles. The van der Waals surface area contributed by atoms with Gasteiger partial charge in [0.1, 0.15) is 5.00 Å². The summed E-state index contributed by atoms with van der Waals surface area (Å²) in [6, 6.07) is 2.16. The molecule has 3 heterocycles. The van der Waals surface area contributed by atoms with Crippen LogP contribution in [0.4, 0.5) is 5.00 Å². The minimum absolute atomic E-state index is 0.0576. The molecule has 182 valence electrons. The predicted octanol–water partition coefficient (Wildman–Crippen LogP) is 4.49. The molecular weight excluding hydrogens is 494 g/mol. The van der Waals surface area contributed by atoms with Gasteiger partial charge in [-0.1, -0.05) is 11.8 Å². The molecule has 3 rings (SSSR count). The molecule has 0 radical (unpaired) electrons. The average Bonchev–Trinajstić information content (AvgIpc) is 3.48. The van der Waals surface area contributed by atoms with Crippen LogP contribution in [0, 0.1) is 13.8 Å². The standard InChI is InChI=1S/C22H27N5O4S3/c1-11(2)27-18(14-8-12(3)32-9-14)24-25-22(27)33-10-15(28)23-19-16(21(30)31-7)13(4)17(34-19)20(29)26(5)6/h8-9,11H,10H2,1-7H3,(H,23,28). The van der Waals surface area contributed by atoms with Gasteiger partial charge in [0, 0.05) is 36.0 Å². The molecule has 0 bridgehead atoms. The molecule has 2 amide bonds. The summed E-state index contributed by atoms with van der Waals surface area (Å²) in [5.41, 5.74) is 1.67. The van der Waals surface area contributed by atoms with Gasteiger partial charge in [-0.15, -0.1) is 32.9 Å². The van der Waals surface area contributed by atoms with E-state index in [-0.39, 0.29) is 29.2 Å². The van der Waals surface area contributed by atoms with Gasteiger partial charge in [0.15, 0.2) is 11.0 Å². The molecule has 1 N–H and O–H groups in total. The maximum absolute atomic E-state index is 12.8. The first-order chi connectivity index (χ1) is 16.0.